The Labute approximate surface area is 210 Å². The average Bonchev–Trinajstić information content (AvgIpc) is 2.92. The maximum Gasteiger partial charge on any atom is 0.274 e. The molecule has 2 amide bonds. The van der Waals surface area contributed by atoms with Crippen LogP contribution >= 0.6 is 0 Å². The van der Waals surface area contributed by atoms with Crippen molar-refractivity contribution in [3.63, 3.8) is 0 Å². The predicted molar refractivity (Wildman–Crippen MR) is 131 cm³/mol. The smallest absolute Gasteiger partial charge is 0.274 e. The molecule has 3 saturated heterocycles. The number of aliphatic hydroxyl groups excluding tert-OH is 1. The molecule has 4 atom stereocenters. The highest BCUT2D eigenvalue weighted by molar-refractivity contribution is 5.92. The van der Waals surface area contributed by atoms with Gasteiger partial charge in [0.25, 0.3) is 5.91 Å². The average molecular weight is 496 g/mol. The van der Waals surface area contributed by atoms with Crippen molar-refractivity contribution in [2.45, 2.75) is 43.6 Å². The number of carbonyl (C=O) groups is 2. The minimum Gasteiger partial charge on any atom is -0.389 e. The number of piperazine rings is 1. The fourth-order valence-electron chi connectivity index (χ4n) is 5.31. The number of anilines is 1. The monoisotopic (exact) mass is 495 g/mol. The number of hydrogen-bond acceptors (Lipinski definition) is 8. The lowest BCUT2D eigenvalue weighted by Gasteiger charge is -2.44. The van der Waals surface area contributed by atoms with E-state index in [4.69, 9.17) is 9.47 Å². The van der Waals surface area contributed by atoms with E-state index in [0.717, 1.165) is 13.1 Å². The molecule has 1 N–H and O–H groups in total. The zero-order valence-corrected chi connectivity index (χ0v) is 20.3. The van der Waals surface area contributed by atoms with Gasteiger partial charge in [0.05, 0.1) is 44.1 Å². The molecule has 4 heterocycles. The summed E-state index contributed by atoms with van der Waals surface area (Å²) in [5.41, 5.74) is 1.41. The van der Waals surface area contributed by atoms with Crippen LogP contribution in [-0.4, -0.2) is 107 Å². The molecule has 3 aliphatic rings. The molecule has 10 heteroatoms. The fraction of sp³-hybridized carbons (Fsp3) is 0.538. The largest absolute Gasteiger partial charge is 0.389 e. The van der Waals surface area contributed by atoms with Gasteiger partial charge in [-0.15, -0.1) is 0 Å². The van der Waals surface area contributed by atoms with Gasteiger partial charge < -0.3 is 29.3 Å². The first-order valence-corrected chi connectivity index (χ1v) is 12.6. The molecule has 0 saturated carbocycles. The number of amides is 2. The zero-order chi connectivity index (χ0) is 24.9. The van der Waals surface area contributed by atoms with Crippen LogP contribution in [0.2, 0.25) is 0 Å². The van der Waals surface area contributed by atoms with Gasteiger partial charge in [-0.3, -0.25) is 14.6 Å². The first-order valence-electron chi connectivity index (χ1n) is 12.6. The fourth-order valence-corrected chi connectivity index (χ4v) is 5.31. The van der Waals surface area contributed by atoms with Crippen molar-refractivity contribution in [3.8, 4) is 0 Å². The van der Waals surface area contributed by atoms with Gasteiger partial charge in [0, 0.05) is 50.8 Å². The number of ether oxygens (including phenoxy) is 2. The molecule has 10 nitrogen and oxygen atoms in total. The standard InChI is InChI=1S/C26H33N5O5/c32-20-16-31(26(34)22-15-27-8-9-28-22)23-7-6-21(36-24(23)18-35-17-20)14-25(33)30-12-10-29(11-13-30)19-4-2-1-3-5-19/h1-5,8-9,15,20-21,23-24,32H,6-7,10-14,16-18H2/t20-,21-,23+,24-/m0/s1. The number of para-hydroxylation sites is 1. The summed E-state index contributed by atoms with van der Waals surface area (Å²) in [6, 6.07) is 9.99. The third-order valence-corrected chi connectivity index (χ3v) is 7.18. The molecular formula is C26H33N5O5. The molecule has 36 heavy (non-hydrogen) atoms. The van der Waals surface area contributed by atoms with Crippen LogP contribution < -0.4 is 4.90 Å². The minimum absolute atomic E-state index is 0.0980. The highest BCUT2D eigenvalue weighted by atomic mass is 16.5. The summed E-state index contributed by atoms with van der Waals surface area (Å²) in [6.45, 7) is 3.50. The summed E-state index contributed by atoms with van der Waals surface area (Å²) in [5.74, 6) is -0.186. The highest BCUT2D eigenvalue weighted by Gasteiger charge is 2.41. The van der Waals surface area contributed by atoms with Crippen molar-refractivity contribution >= 4 is 17.5 Å². The third kappa shape index (κ3) is 5.66. The Kier molecular flexibility index (Phi) is 7.74. The quantitative estimate of drug-likeness (QED) is 0.669. The second kappa shape index (κ2) is 11.3. The predicted octanol–water partition coefficient (Wildman–Crippen LogP) is 0.965. The maximum absolute atomic E-state index is 13.2. The van der Waals surface area contributed by atoms with Gasteiger partial charge in [0.15, 0.2) is 0 Å². The van der Waals surface area contributed by atoms with Crippen LogP contribution in [0.3, 0.4) is 0 Å². The van der Waals surface area contributed by atoms with Gasteiger partial charge in [-0.1, -0.05) is 18.2 Å². The molecule has 5 rings (SSSR count). The van der Waals surface area contributed by atoms with Gasteiger partial charge >= 0.3 is 0 Å². The second-order valence-electron chi connectivity index (χ2n) is 9.59. The van der Waals surface area contributed by atoms with E-state index in [1.807, 2.05) is 23.1 Å². The number of hydrogen-bond donors (Lipinski definition) is 1. The van der Waals surface area contributed by atoms with Crippen molar-refractivity contribution < 1.29 is 24.2 Å². The van der Waals surface area contributed by atoms with Crippen LogP contribution in [-0.2, 0) is 14.3 Å². The minimum atomic E-state index is -0.791. The lowest BCUT2D eigenvalue weighted by atomic mass is 9.94. The highest BCUT2D eigenvalue weighted by Crippen LogP contribution is 2.29. The summed E-state index contributed by atoms with van der Waals surface area (Å²) in [4.78, 5) is 40.3. The number of rotatable bonds is 4. The van der Waals surface area contributed by atoms with Crippen LogP contribution in [0, 0.1) is 0 Å². The van der Waals surface area contributed by atoms with Crippen molar-refractivity contribution in [1.29, 1.82) is 0 Å². The van der Waals surface area contributed by atoms with Gasteiger partial charge in [-0.2, -0.15) is 0 Å². The molecular weight excluding hydrogens is 462 g/mol. The summed E-state index contributed by atoms with van der Waals surface area (Å²) in [6.07, 6.45) is 4.66. The van der Waals surface area contributed by atoms with Crippen LogP contribution in [0.15, 0.2) is 48.9 Å². The van der Waals surface area contributed by atoms with E-state index >= 15 is 0 Å². The SMILES string of the molecule is O=C(C[C@@H]1CC[C@@H]2[C@H](COC[C@@H](O)CN2C(=O)c2cnccn2)O1)N1CCN(c2ccccc2)CC1. The Bertz CT molecular complexity index is 1020. The number of benzene rings is 1. The molecule has 0 bridgehead atoms. The van der Waals surface area contributed by atoms with Gasteiger partial charge in [0.1, 0.15) is 11.8 Å². The number of carbonyl (C=O) groups excluding carboxylic acids is 2. The third-order valence-electron chi connectivity index (χ3n) is 7.18. The molecule has 0 radical (unpaired) electrons. The molecule has 2 aromatic rings. The Morgan fingerprint density at radius 2 is 1.83 bits per heavy atom. The molecule has 192 valence electrons. The van der Waals surface area contributed by atoms with Crippen molar-refractivity contribution in [2.24, 2.45) is 0 Å². The van der Waals surface area contributed by atoms with Crippen LogP contribution in [0.4, 0.5) is 5.69 Å². The Morgan fingerprint density at radius 3 is 2.58 bits per heavy atom. The van der Waals surface area contributed by atoms with Crippen LogP contribution in [0.1, 0.15) is 29.8 Å². The van der Waals surface area contributed by atoms with E-state index in [2.05, 4.69) is 27.0 Å². The molecule has 3 aliphatic heterocycles. The zero-order valence-electron chi connectivity index (χ0n) is 20.3. The summed E-state index contributed by atoms with van der Waals surface area (Å²) >= 11 is 0. The number of fused-ring (bicyclic) bond motifs is 1. The summed E-state index contributed by atoms with van der Waals surface area (Å²) < 4.78 is 12.0. The summed E-state index contributed by atoms with van der Waals surface area (Å²) in [7, 11) is 0. The van der Waals surface area contributed by atoms with Crippen molar-refractivity contribution in [3.05, 3.63) is 54.6 Å². The van der Waals surface area contributed by atoms with Gasteiger partial charge in [-0.05, 0) is 25.0 Å². The maximum atomic E-state index is 13.2. The van der Waals surface area contributed by atoms with E-state index in [1.165, 1.54) is 24.3 Å². The lowest BCUT2D eigenvalue weighted by Crippen LogP contribution is -2.58. The first kappa shape index (κ1) is 24.6. The Hall–Kier alpha value is -3.08. The van der Waals surface area contributed by atoms with E-state index in [-0.39, 0.29) is 55.5 Å². The summed E-state index contributed by atoms with van der Waals surface area (Å²) in [5, 5.41) is 10.3. The van der Waals surface area contributed by atoms with Gasteiger partial charge in [0.2, 0.25) is 5.91 Å². The van der Waals surface area contributed by atoms with Crippen LogP contribution in [0.25, 0.3) is 0 Å². The molecule has 0 unspecified atom stereocenters. The first-order chi connectivity index (χ1) is 17.6. The van der Waals surface area contributed by atoms with Crippen LogP contribution in [0.5, 0.6) is 0 Å². The van der Waals surface area contributed by atoms with E-state index in [1.54, 1.807) is 4.90 Å². The lowest BCUT2D eigenvalue weighted by molar-refractivity contribution is -0.155. The number of β-amino-alcohol motifs (C(OH)–C–C–N with tert-alkyl or cyclic N) is 1. The molecule has 3 fully saturated rings. The van der Waals surface area contributed by atoms with Crippen molar-refractivity contribution in [1.82, 2.24) is 19.8 Å². The Balaban J connectivity index is 1.18. The number of aromatic nitrogens is 2. The molecule has 1 aromatic heterocycles. The van der Waals surface area contributed by atoms with E-state index in [9.17, 15) is 14.7 Å². The number of aliphatic hydroxyl groups is 1. The molecule has 1 aromatic carbocycles. The number of nitrogens with zero attached hydrogens (tertiary/aromatic N) is 5. The Morgan fingerprint density at radius 1 is 1.03 bits per heavy atom. The van der Waals surface area contributed by atoms with E-state index in [0.29, 0.717) is 32.4 Å². The normalized spacial score (nSPS) is 27.1. The topological polar surface area (TPSA) is 108 Å². The van der Waals surface area contributed by atoms with Gasteiger partial charge in [-0.25, -0.2) is 4.98 Å². The molecule has 0 spiro atoms. The van der Waals surface area contributed by atoms with Crippen molar-refractivity contribution in [2.75, 3.05) is 50.8 Å². The van der Waals surface area contributed by atoms with E-state index < -0.39 is 6.10 Å². The molecule has 0 aliphatic carbocycles. The second-order valence-corrected chi connectivity index (χ2v) is 9.59.